The van der Waals surface area contributed by atoms with E-state index in [2.05, 4.69) is 0 Å². The van der Waals surface area contributed by atoms with E-state index in [9.17, 15) is 8.42 Å². The summed E-state index contributed by atoms with van der Waals surface area (Å²) in [5.41, 5.74) is 0. The molecule has 1 rings (SSSR count). The molecular formula is C6H8ClInO3S. The molecule has 0 radical (unpaired) electrons. The Balaban J connectivity index is 0.00000121. The van der Waals surface area contributed by atoms with Crippen LogP contribution in [0.4, 0.5) is 0 Å². The first-order valence-electron chi connectivity index (χ1n) is 2.74. The second-order valence-electron chi connectivity index (χ2n) is 1.91. The van der Waals surface area contributed by atoms with Gasteiger partial charge in [-0.25, -0.2) is 0 Å². The summed E-state index contributed by atoms with van der Waals surface area (Å²) in [6, 6.07) is 5.69. The quantitative estimate of drug-likeness (QED) is 0.764. The second kappa shape index (κ2) is 4.50. The van der Waals surface area contributed by atoms with Crippen LogP contribution in [0.2, 0.25) is 5.02 Å². The van der Waals surface area contributed by atoms with Gasteiger partial charge < -0.3 is 0 Å². The summed E-state index contributed by atoms with van der Waals surface area (Å²) in [6.07, 6.45) is 0. The number of hydrogen-bond donors (Lipinski definition) is 1. The maximum atomic E-state index is 10.5. The van der Waals surface area contributed by atoms with E-state index >= 15 is 0 Å². The molecule has 0 atom stereocenters. The Morgan fingerprint density at radius 1 is 1.25 bits per heavy atom. The van der Waals surface area contributed by atoms with Crippen LogP contribution in [0, 0.1) is 0 Å². The molecule has 66 valence electrons. The Bertz CT molecular complexity index is 363. The molecule has 0 saturated carbocycles. The first kappa shape index (κ1) is 12.3. The molecule has 0 aliphatic rings. The van der Waals surface area contributed by atoms with E-state index in [-0.39, 0.29) is 35.8 Å². The summed E-state index contributed by atoms with van der Waals surface area (Å²) < 4.78 is 29.6. The summed E-state index contributed by atoms with van der Waals surface area (Å²) >= 11 is 5.47. The van der Waals surface area contributed by atoms with E-state index in [4.69, 9.17) is 16.2 Å². The molecule has 0 aliphatic carbocycles. The van der Waals surface area contributed by atoms with E-state index in [1.807, 2.05) is 0 Å². The Morgan fingerprint density at radius 2 is 1.75 bits per heavy atom. The van der Waals surface area contributed by atoms with E-state index in [0.29, 0.717) is 0 Å². The average molecular weight is 310 g/mol. The van der Waals surface area contributed by atoms with Crippen LogP contribution in [0.3, 0.4) is 0 Å². The van der Waals surface area contributed by atoms with E-state index in [0.717, 1.165) is 0 Å². The van der Waals surface area contributed by atoms with Crippen LogP contribution in [0.1, 0.15) is 0 Å². The zero-order chi connectivity index (χ0) is 8.48. The van der Waals surface area contributed by atoms with Crippen molar-refractivity contribution in [3.63, 3.8) is 0 Å². The third kappa shape index (κ3) is 2.97. The van der Waals surface area contributed by atoms with Crippen molar-refractivity contribution in [3.8, 4) is 0 Å². The first-order chi connectivity index (χ1) is 5.02. The predicted molar refractivity (Wildman–Crippen MR) is 51.2 cm³/mol. The third-order valence-corrected chi connectivity index (χ3v) is 2.47. The van der Waals surface area contributed by atoms with Crippen molar-refractivity contribution >= 4 is 47.6 Å². The molecule has 0 aromatic heterocycles. The monoisotopic (exact) mass is 310 g/mol. The maximum absolute atomic E-state index is 10.5. The summed E-state index contributed by atoms with van der Waals surface area (Å²) in [5.74, 6) is 0. The van der Waals surface area contributed by atoms with Crippen molar-refractivity contribution in [2.75, 3.05) is 0 Å². The van der Waals surface area contributed by atoms with Gasteiger partial charge in [-0.1, -0.05) is 23.7 Å². The van der Waals surface area contributed by atoms with Gasteiger partial charge in [-0.05, 0) is 12.1 Å². The molecule has 1 aromatic rings. The van der Waals surface area contributed by atoms with Gasteiger partial charge in [-0.15, -0.1) is 0 Å². The van der Waals surface area contributed by atoms with Gasteiger partial charge >= 0.3 is 25.8 Å². The van der Waals surface area contributed by atoms with Gasteiger partial charge in [0.1, 0.15) is 4.90 Å². The zero-order valence-electron chi connectivity index (χ0n) is 5.36. The summed E-state index contributed by atoms with van der Waals surface area (Å²) in [6.45, 7) is 0. The predicted octanol–water partition coefficient (Wildman–Crippen LogP) is 0.403. The van der Waals surface area contributed by atoms with Crippen molar-refractivity contribution < 1.29 is 13.0 Å². The van der Waals surface area contributed by atoms with Gasteiger partial charge in [-0.3, -0.25) is 4.55 Å². The summed E-state index contributed by atoms with van der Waals surface area (Å²) in [7, 11) is -4.17. The molecule has 0 saturated heterocycles. The van der Waals surface area contributed by atoms with E-state index < -0.39 is 10.1 Å². The van der Waals surface area contributed by atoms with Gasteiger partial charge in [0.15, 0.2) is 0 Å². The average Bonchev–Trinajstić information content (AvgIpc) is 1.86. The van der Waals surface area contributed by atoms with Crippen LogP contribution in [0.15, 0.2) is 29.2 Å². The van der Waals surface area contributed by atoms with Crippen LogP contribution in [-0.4, -0.2) is 38.8 Å². The molecule has 1 N–H and O–H groups in total. The molecular weight excluding hydrogens is 302 g/mol. The molecule has 0 amide bonds. The molecule has 0 fully saturated rings. The Morgan fingerprint density at radius 3 is 2.08 bits per heavy atom. The zero-order valence-corrected chi connectivity index (χ0v) is 6.93. The van der Waals surface area contributed by atoms with Gasteiger partial charge in [0.25, 0.3) is 10.1 Å². The standard InChI is InChI=1S/C6H5ClO3S.In.3H/c7-5-3-1-2-4-6(5)11(8,9)10;;;;/h1-4H,(H,8,9,10);;;;. The van der Waals surface area contributed by atoms with Crippen LogP contribution >= 0.6 is 11.6 Å². The third-order valence-electron chi connectivity index (χ3n) is 1.11. The SMILES string of the molecule is O=S(=O)(O)c1ccccc1Cl.[InH3]. The fraction of sp³-hybridized carbons (Fsp3) is 0. The topological polar surface area (TPSA) is 54.4 Å². The van der Waals surface area contributed by atoms with Crippen molar-refractivity contribution in [1.29, 1.82) is 0 Å². The van der Waals surface area contributed by atoms with Gasteiger partial charge in [0.05, 0.1) is 5.02 Å². The number of hydrogen-bond acceptors (Lipinski definition) is 2. The van der Waals surface area contributed by atoms with E-state index in [1.54, 1.807) is 6.07 Å². The number of benzene rings is 1. The summed E-state index contributed by atoms with van der Waals surface area (Å²) in [4.78, 5) is -0.262. The van der Waals surface area contributed by atoms with Crippen molar-refractivity contribution in [1.82, 2.24) is 0 Å². The van der Waals surface area contributed by atoms with Crippen molar-refractivity contribution in [2.24, 2.45) is 0 Å². The molecule has 0 heterocycles. The number of halogens is 1. The summed E-state index contributed by atoms with van der Waals surface area (Å²) in [5, 5.41) is 0.0231. The Kier molecular flexibility index (Phi) is 4.61. The molecule has 0 unspecified atom stereocenters. The van der Waals surface area contributed by atoms with Gasteiger partial charge in [0, 0.05) is 0 Å². The first-order valence-corrected chi connectivity index (χ1v) is 4.55. The normalized spacial score (nSPS) is 10.5. The van der Waals surface area contributed by atoms with Crippen molar-refractivity contribution in [2.45, 2.75) is 4.90 Å². The second-order valence-corrected chi connectivity index (χ2v) is 3.70. The van der Waals surface area contributed by atoms with Crippen LogP contribution in [-0.2, 0) is 10.1 Å². The van der Waals surface area contributed by atoms with Crippen LogP contribution in [0.5, 0.6) is 0 Å². The fourth-order valence-electron chi connectivity index (χ4n) is 0.654. The fourth-order valence-corrected chi connectivity index (χ4v) is 1.65. The Labute approximate surface area is 94.3 Å². The molecule has 0 aliphatic heterocycles. The molecule has 3 nitrogen and oxygen atoms in total. The molecule has 6 heteroatoms. The molecule has 1 aromatic carbocycles. The minimum absolute atomic E-state index is 0. The Hall–Kier alpha value is 0.290. The van der Waals surface area contributed by atoms with Gasteiger partial charge in [0.2, 0.25) is 0 Å². The van der Waals surface area contributed by atoms with Crippen molar-refractivity contribution in [3.05, 3.63) is 29.3 Å². The van der Waals surface area contributed by atoms with E-state index in [1.165, 1.54) is 18.2 Å². The minimum atomic E-state index is -4.17. The molecule has 12 heavy (non-hydrogen) atoms. The number of rotatable bonds is 1. The van der Waals surface area contributed by atoms with Gasteiger partial charge in [-0.2, -0.15) is 8.42 Å². The molecule has 0 bridgehead atoms. The van der Waals surface area contributed by atoms with Crippen LogP contribution < -0.4 is 0 Å². The molecule has 0 spiro atoms. The van der Waals surface area contributed by atoms with Crippen LogP contribution in [0.25, 0.3) is 0 Å².